The molecule has 1 fully saturated rings. The minimum atomic E-state index is -0.899. The van der Waals surface area contributed by atoms with Crippen LogP contribution in [0.1, 0.15) is 22.5 Å². The third kappa shape index (κ3) is 3.20. The van der Waals surface area contributed by atoms with Gasteiger partial charge < -0.3 is 14.9 Å². The number of thiazole rings is 1. The molecule has 0 saturated carbocycles. The number of nitrogens with zero attached hydrogens (tertiary/aromatic N) is 3. The van der Waals surface area contributed by atoms with Gasteiger partial charge in [-0.1, -0.05) is 11.3 Å². The molecule has 0 aliphatic carbocycles. The summed E-state index contributed by atoms with van der Waals surface area (Å²) in [6, 6.07) is 0. The van der Waals surface area contributed by atoms with Crippen LogP contribution in [0.15, 0.2) is 6.20 Å². The van der Waals surface area contributed by atoms with Gasteiger partial charge in [0.2, 0.25) is 0 Å². The number of likely N-dealkylation sites (tertiary alicyclic amines) is 1. The van der Waals surface area contributed by atoms with Gasteiger partial charge in [0.1, 0.15) is 4.88 Å². The molecule has 1 aliphatic heterocycles. The predicted molar refractivity (Wildman–Crippen MR) is 72.6 cm³/mol. The topological polar surface area (TPSA) is 56.7 Å². The second kappa shape index (κ2) is 5.67. The van der Waals surface area contributed by atoms with E-state index in [1.807, 2.05) is 7.05 Å². The normalized spacial score (nSPS) is 20.2. The van der Waals surface area contributed by atoms with E-state index < -0.39 is 5.97 Å². The van der Waals surface area contributed by atoms with Crippen LogP contribution in [0.2, 0.25) is 0 Å². The summed E-state index contributed by atoms with van der Waals surface area (Å²) in [4.78, 5) is 19.6. The summed E-state index contributed by atoms with van der Waals surface area (Å²) in [6.07, 6.45) is 3.84. The molecule has 1 saturated heterocycles. The Balaban J connectivity index is 1.83. The number of anilines is 1. The van der Waals surface area contributed by atoms with E-state index in [2.05, 4.69) is 21.8 Å². The van der Waals surface area contributed by atoms with Crippen LogP contribution in [0.25, 0.3) is 0 Å². The maximum absolute atomic E-state index is 10.8. The van der Waals surface area contributed by atoms with E-state index in [-0.39, 0.29) is 0 Å². The molecule has 18 heavy (non-hydrogen) atoms. The van der Waals surface area contributed by atoms with Gasteiger partial charge in [-0.25, -0.2) is 9.78 Å². The predicted octanol–water partition coefficient (Wildman–Crippen LogP) is 1.62. The lowest BCUT2D eigenvalue weighted by molar-refractivity contribution is 0.0702. The Morgan fingerprint density at radius 3 is 3.06 bits per heavy atom. The van der Waals surface area contributed by atoms with Crippen molar-refractivity contribution >= 4 is 22.4 Å². The van der Waals surface area contributed by atoms with Gasteiger partial charge in [0.25, 0.3) is 0 Å². The zero-order chi connectivity index (χ0) is 13.1. The van der Waals surface area contributed by atoms with Crippen LogP contribution in [0.3, 0.4) is 0 Å². The summed E-state index contributed by atoms with van der Waals surface area (Å²) < 4.78 is 0. The fourth-order valence-electron chi connectivity index (χ4n) is 2.27. The Hall–Kier alpha value is -1.14. The first kappa shape index (κ1) is 13.3. The zero-order valence-electron chi connectivity index (χ0n) is 10.8. The molecule has 1 aromatic rings. The van der Waals surface area contributed by atoms with Crippen molar-refractivity contribution in [1.29, 1.82) is 0 Å². The number of aromatic nitrogens is 1. The van der Waals surface area contributed by atoms with Crippen LogP contribution in [-0.4, -0.2) is 54.7 Å². The monoisotopic (exact) mass is 269 g/mol. The second-order valence-electron chi connectivity index (χ2n) is 4.94. The van der Waals surface area contributed by atoms with Crippen LogP contribution in [0.4, 0.5) is 5.13 Å². The molecular weight excluding hydrogens is 250 g/mol. The number of hydrogen-bond acceptors (Lipinski definition) is 5. The molecule has 1 atom stereocenters. The summed E-state index contributed by atoms with van der Waals surface area (Å²) in [5.41, 5.74) is 0. The summed E-state index contributed by atoms with van der Waals surface area (Å²) >= 11 is 1.24. The van der Waals surface area contributed by atoms with Crippen molar-refractivity contribution in [2.24, 2.45) is 5.92 Å². The Bertz CT molecular complexity index is 421. The largest absolute Gasteiger partial charge is 0.477 e. The minimum absolute atomic E-state index is 0.303. The minimum Gasteiger partial charge on any atom is -0.477 e. The number of hydrogen-bond donors (Lipinski definition) is 1. The molecule has 0 amide bonds. The van der Waals surface area contributed by atoms with E-state index in [0.717, 1.165) is 24.0 Å². The molecule has 5 nitrogen and oxygen atoms in total. The molecule has 2 heterocycles. The summed E-state index contributed by atoms with van der Waals surface area (Å²) in [5.74, 6) is -0.138. The van der Waals surface area contributed by atoms with Crippen LogP contribution >= 0.6 is 11.3 Å². The smallest absolute Gasteiger partial charge is 0.347 e. The van der Waals surface area contributed by atoms with Gasteiger partial charge in [0.15, 0.2) is 5.13 Å². The van der Waals surface area contributed by atoms with Gasteiger partial charge in [-0.2, -0.15) is 0 Å². The highest BCUT2D eigenvalue weighted by molar-refractivity contribution is 7.17. The van der Waals surface area contributed by atoms with Crippen LogP contribution < -0.4 is 4.90 Å². The molecule has 1 aromatic heterocycles. The third-order valence-electron chi connectivity index (χ3n) is 3.39. The molecular formula is C12H19N3O2S. The van der Waals surface area contributed by atoms with Crippen molar-refractivity contribution in [2.75, 3.05) is 38.6 Å². The van der Waals surface area contributed by atoms with Crippen molar-refractivity contribution in [2.45, 2.75) is 12.8 Å². The SMILES string of the molecule is CN1CCC(CCN(C)c2ncc(C(=O)O)s2)C1. The van der Waals surface area contributed by atoms with Crippen LogP contribution in [0.5, 0.6) is 0 Å². The molecule has 1 aliphatic rings. The molecule has 100 valence electrons. The highest BCUT2D eigenvalue weighted by atomic mass is 32.1. The third-order valence-corrected chi connectivity index (χ3v) is 4.49. The number of carboxylic acid groups (broad SMARTS) is 1. The van der Waals surface area contributed by atoms with Gasteiger partial charge in [-0.15, -0.1) is 0 Å². The second-order valence-corrected chi connectivity index (χ2v) is 5.95. The summed E-state index contributed by atoms with van der Waals surface area (Å²) in [5, 5.41) is 9.65. The highest BCUT2D eigenvalue weighted by Crippen LogP contribution is 2.23. The fraction of sp³-hybridized carbons (Fsp3) is 0.667. The average molecular weight is 269 g/mol. The molecule has 0 aromatic carbocycles. The number of carbonyl (C=O) groups is 1. The maximum atomic E-state index is 10.8. The number of carboxylic acids is 1. The first-order valence-electron chi connectivity index (χ1n) is 6.15. The number of rotatable bonds is 5. The molecule has 1 N–H and O–H groups in total. The van der Waals surface area contributed by atoms with Gasteiger partial charge in [0, 0.05) is 20.1 Å². The summed E-state index contributed by atoms with van der Waals surface area (Å²) in [7, 11) is 4.13. The lowest BCUT2D eigenvalue weighted by atomic mass is 10.1. The Morgan fingerprint density at radius 2 is 2.50 bits per heavy atom. The number of aromatic carboxylic acids is 1. The van der Waals surface area contributed by atoms with E-state index in [1.165, 1.54) is 37.0 Å². The van der Waals surface area contributed by atoms with E-state index in [1.54, 1.807) is 0 Å². The summed E-state index contributed by atoms with van der Waals surface area (Å²) in [6.45, 7) is 3.30. The van der Waals surface area contributed by atoms with Crippen molar-refractivity contribution in [1.82, 2.24) is 9.88 Å². The molecule has 0 spiro atoms. The van der Waals surface area contributed by atoms with E-state index in [0.29, 0.717) is 4.88 Å². The van der Waals surface area contributed by atoms with Crippen molar-refractivity contribution in [3.8, 4) is 0 Å². The Labute approximate surface area is 111 Å². The van der Waals surface area contributed by atoms with Crippen molar-refractivity contribution in [3.05, 3.63) is 11.1 Å². The van der Waals surface area contributed by atoms with Gasteiger partial charge in [0.05, 0.1) is 6.20 Å². The maximum Gasteiger partial charge on any atom is 0.347 e. The first-order valence-corrected chi connectivity index (χ1v) is 6.96. The Morgan fingerprint density at radius 1 is 1.72 bits per heavy atom. The molecule has 0 bridgehead atoms. The average Bonchev–Trinajstić information content (AvgIpc) is 2.94. The standard InChI is InChI=1S/C12H19N3O2S/c1-14-5-3-9(8-14)4-6-15(2)12-13-7-10(18-12)11(16)17/h7,9H,3-6,8H2,1-2H3,(H,16,17). The van der Waals surface area contributed by atoms with E-state index in [9.17, 15) is 4.79 Å². The van der Waals surface area contributed by atoms with E-state index >= 15 is 0 Å². The first-order chi connectivity index (χ1) is 8.56. The fourth-order valence-corrected chi connectivity index (χ4v) is 3.02. The lowest BCUT2D eigenvalue weighted by Crippen LogP contribution is -2.22. The lowest BCUT2D eigenvalue weighted by Gasteiger charge is -2.18. The van der Waals surface area contributed by atoms with Gasteiger partial charge >= 0.3 is 5.97 Å². The highest BCUT2D eigenvalue weighted by Gasteiger charge is 2.20. The van der Waals surface area contributed by atoms with Crippen molar-refractivity contribution in [3.63, 3.8) is 0 Å². The van der Waals surface area contributed by atoms with Crippen LogP contribution in [0, 0.1) is 5.92 Å². The van der Waals surface area contributed by atoms with E-state index in [4.69, 9.17) is 5.11 Å². The molecule has 1 unspecified atom stereocenters. The molecule has 0 radical (unpaired) electrons. The molecule has 2 rings (SSSR count). The Kier molecular flexibility index (Phi) is 4.19. The zero-order valence-corrected chi connectivity index (χ0v) is 11.6. The van der Waals surface area contributed by atoms with Gasteiger partial charge in [-0.05, 0) is 32.4 Å². The molecule has 6 heteroatoms. The quantitative estimate of drug-likeness (QED) is 0.880. The van der Waals surface area contributed by atoms with Gasteiger partial charge in [-0.3, -0.25) is 0 Å². The van der Waals surface area contributed by atoms with Crippen molar-refractivity contribution < 1.29 is 9.90 Å². The van der Waals surface area contributed by atoms with Crippen LogP contribution in [-0.2, 0) is 0 Å².